The molecule has 1 heterocycles. The van der Waals surface area contributed by atoms with E-state index in [0.717, 1.165) is 20.9 Å². The summed E-state index contributed by atoms with van der Waals surface area (Å²) in [5.74, 6) is 5.01. The van der Waals surface area contributed by atoms with Gasteiger partial charge in [-0.05, 0) is 48.9 Å². The smallest absolute Gasteiger partial charge is 0.242 e. The van der Waals surface area contributed by atoms with Gasteiger partial charge in [0.25, 0.3) is 0 Å². The van der Waals surface area contributed by atoms with E-state index in [2.05, 4.69) is 10.2 Å². The molecule has 0 spiro atoms. The molecule has 5 N–H and O–H groups in total. The predicted molar refractivity (Wildman–Crippen MR) is 127 cm³/mol. The summed E-state index contributed by atoms with van der Waals surface area (Å²) in [5.41, 5.74) is 16.1. The first kappa shape index (κ1) is 24.2. The molecule has 33 heavy (non-hydrogen) atoms. The van der Waals surface area contributed by atoms with Crippen molar-refractivity contribution in [3.05, 3.63) is 65.6 Å². The van der Waals surface area contributed by atoms with Crippen molar-refractivity contribution in [3.8, 4) is 11.1 Å². The lowest BCUT2D eigenvalue weighted by molar-refractivity contribution is 0.521. The zero-order valence-corrected chi connectivity index (χ0v) is 19.4. The van der Waals surface area contributed by atoms with Crippen LogP contribution in [0.25, 0.3) is 22.0 Å². The number of fused-ring (bicyclic) bond motifs is 1. The van der Waals surface area contributed by atoms with Gasteiger partial charge >= 0.3 is 0 Å². The third-order valence-electron chi connectivity index (χ3n) is 5.36. The highest BCUT2D eigenvalue weighted by Crippen LogP contribution is 2.37. The van der Waals surface area contributed by atoms with E-state index in [1.807, 2.05) is 6.92 Å². The molecular weight excluding hydrogens is 445 g/mol. The van der Waals surface area contributed by atoms with Gasteiger partial charge in [0.05, 0.1) is 11.4 Å². The maximum absolute atomic E-state index is 14.4. The van der Waals surface area contributed by atoms with E-state index < -0.39 is 10.0 Å². The highest BCUT2D eigenvalue weighted by molar-refractivity contribution is 7.89. The van der Waals surface area contributed by atoms with Crippen LogP contribution in [-0.2, 0) is 16.6 Å². The Morgan fingerprint density at radius 3 is 2.58 bits per heavy atom. The highest BCUT2D eigenvalue weighted by Gasteiger charge is 2.21. The molecule has 0 amide bonds. The molecule has 0 aliphatic rings. The number of halogens is 1. The number of hydrazone groups is 1. The van der Waals surface area contributed by atoms with E-state index in [-0.39, 0.29) is 29.6 Å². The number of nitrogens with two attached hydrogens (primary N) is 2. The van der Waals surface area contributed by atoms with Gasteiger partial charge in [0.2, 0.25) is 10.0 Å². The minimum absolute atomic E-state index is 0.0325. The molecule has 0 aliphatic heterocycles. The van der Waals surface area contributed by atoms with Crippen LogP contribution in [0.5, 0.6) is 0 Å². The van der Waals surface area contributed by atoms with E-state index in [4.69, 9.17) is 17.1 Å². The van der Waals surface area contributed by atoms with E-state index in [0.29, 0.717) is 16.6 Å². The second-order valence-electron chi connectivity index (χ2n) is 7.54. The molecule has 0 atom stereocenters. The van der Waals surface area contributed by atoms with Gasteiger partial charge in [0, 0.05) is 48.4 Å². The van der Waals surface area contributed by atoms with Crippen LogP contribution < -0.4 is 11.6 Å². The molecule has 0 bridgehead atoms. The Bertz CT molecular complexity index is 1370. The molecule has 0 saturated heterocycles. The molecule has 174 valence electrons. The van der Waals surface area contributed by atoms with Crippen molar-refractivity contribution in [2.45, 2.75) is 18.4 Å². The first-order chi connectivity index (χ1) is 15.6. The molecule has 0 aliphatic carbocycles. The Labute approximate surface area is 191 Å². The van der Waals surface area contributed by atoms with Crippen LogP contribution in [-0.4, -0.2) is 43.8 Å². The van der Waals surface area contributed by atoms with E-state index in [1.165, 1.54) is 26.2 Å². The quantitative estimate of drug-likeness (QED) is 0.160. The van der Waals surface area contributed by atoms with E-state index >= 15 is 0 Å². The van der Waals surface area contributed by atoms with Crippen molar-refractivity contribution < 1.29 is 12.8 Å². The molecule has 11 heteroatoms. The van der Waals surface area contributed by atoms with Gasteiger partial charge in [0.1, 0.15) is 5.83 Å². The van der Waals surface area contributed by atoms with Crippen LogP contribution in [0.2, 0.25) is 0 Å². The summed E-state index contributed by atoms with van der Waals surface area (Å²) < 4.78 is 42.8. The summed E-state index contributed by atoms with van der Waals surface area (Å²) in [7, 11) is -0.718. The third-order valence-corrected chi connectivity index (χ3v) is 7.17. The molecule has 0 fully saturated rings. The number of hydrogen-bond acceptors (Lipinski definition) is 6. The molecule has 9 nitrogen and oxygen atoms in total. The lowest BCUT2D eigenvalue weighted by Gasteiger charge is -2.13. The number of amidine groups is 1. The number of rotatable bonds is 7. The second kappa shape index (κ2) is 9.61. The molecule has 0 saturated carbocycles. The fraction of sp³-hybridized carbons (Fsp3) is 0.227. The van der Waals surface area contributed by atoms with Crippen LogP contribution in [0.3, 0.4) is 0 Å². The molecule has 3 aromatic rings. The Morgan fingerprint density at radius 1 is 1.24 bits per heavy atom. The first-order valence-corrected chi connectivity index (χ1v) is 11.5. The first-order valence-electron chi connectivity index (χ1n) is 10.0. The topological polar surface area (TPSA) is 143 Å². The number of nitrogens with one attached hydrogen (secondary N) is 1. The number of nitrogens with zero attached hydrogens (tertiary/aromatic N) is 4. The van der Waals surface area contributed by atoms with Crippen molar-refractivity contribution in [1.29, 1.82) is 5.53 Å². The summed E-state index contributed by atoms with van der Waals surface area (Å²) >= 11 is 0. The number of hydrogen-bond donors (Lipinski definition) is 3. The van der Waals surface area contributed by atoms with E-state index in [1.54, 1.807) is 41.0 Å². The largest absolute Gasteiger partial charge is 0.337 e. The Morgan fingerprint density at radius 2 is 1.97 bits per heavy atom. The normalized spacial score (nSPS) is 13.2. The van der Waals surface area contributed by atoms with Gasteiger partial charge in [-0.2, -0.15) is 5.10 Å². The average molecular weight is 472 g/mol. The third kappa shape index (κ3) is 4.56. The monoisotopic (exact) mass is 471 g/mol. The lowest BCUT2D eigenvalue weighted by Crippen LogP contribution is -2.22. The SMILES string of the molecule is Cc1c(-c2cccc(S(=O)(=O)N(C)C)c2)c2cc(C(N=N)=NN)ccc2n1C/C(F)=C/CN. The van der Waals surface area contributed by atoms with Gasteiger partial charge < -0.3 is 16.1 Å². The van der Waals surface area contributed by atoms with E-state index in [9.17, 15) is 12.8 Å². The van der Waals surface area contributed by atoms with Crippen molar-refractivity contribution in [3.63, 3.8) is 0 Å². The van der Waals surface area contributed by atoms with Crippen molar-refractivity contribution in [2.75, 3.05) is 20.6 Å². The Balaban J connectivity index is 2.34. The van der Waals surface area contributed by atoms with Crippen LogP contribution in [0, 0.1) is 12.5 Å². The Hall–Kier alpha value is -3.41. The maximum atomic E-state index is 14.4. The van der Waals surface area contributed by atoms with Gasteiger partial charge in [-0.1, -0.05) is 12.1 Å². The number of allylic oxidation sites excluding steroid dienone is 1. The molecule has 1 aromatic heterocycles. The van der Waals surface area contributed by atoms with Crippen LogP contribution in [0.15, 0.2) is 69.5 Å². The van der Waals surface area contributed by atoms with Gasteiger partial charge in [-0.15, -0.1) is 5.11 Å². The predicted octanol–water partition coefficient (Wildman–Crippen LogP) is 3.33. The Kier molecular flexibility index (Phi) is 7.06. The average Bonchev–Trinajstić information content (AvgIpc) is 3.05. The maximum Gasteiger partial charge on any atom is 0.242 e. The minimum atomic E-state index is -3.65. The summed E-state index contributed by atoms with van der Waals surface area (Å²) in [6.45, 7) is 1.88. The zero-order valence-electron chi connectivity index (χ0n) is 18.6. The van der Waals surface area contributed by atoms with Gasteiger partial charge in [-0.25, -0.2) is 22.6 Å². The second-order valence-corrected chi connectivity index (χ2v) is 9.70. The molecule has 0 radical (unpaired) electrons. The fourth-order valence-corrected chi connectivity index (χ4v) is 4.67. The van der Waals surface area contributed by atoms with Crippen LogP contribution in [0.4, 0.5) is 4.39 Å². The van der Waals surface area contributed by atoms with Crippen molar-refractivity contribution >= 4 is 26.8 Å². The summed E-state index contributed by atoms with van der Waals surface area (Å²) in [6.07, 6.45) is 1.31. The minimum Gasteiger partial charge on any atom is -0.337 e. The standard InChI is InChI=1S/C22H26FN7O2S/c1-14-21(15-5-4-6-18(11-15)33(31,32)29(2)3)19-12-16(22(27-25)28-26)7-8-20(19)30(14)13-17(23)9-10-24/h4-9,11-12,25H,10,13,24,26H2,1-3H3/b17-9-,27-25?,28-22?. The fourth-order valence-electron chi connectivity index (χ4n) is 3.72. The molecule has 0 unspecified atom stereocenters. The summed E-state index contributed by atoms with van der Waals surface area (Å²) in [5, 5.41) is 7.61. The number of sulfonamides is 1. The summed E-state index contributed by atoms with van der Waals surface area (Å²) in [6, 6.07) is 11.8. The zero-order chi connectivity index (χ0) is 24.3. The number of aromatic nitrogens is 1. The molecular formula is C22H26FN7O2S. The number of benzene rings is 2. The van der Waals surface area contributed by atoms with Crippen LogP contribution in [0.1, 0.15) is 11.3 Å². The molecule has 2 aromatic carbocycles. The van der Waals surface area contributed by atoms with Crippen molar-refractivity contribution in [1.82, 2.24) is 8.87 Å². The highest BCUT2D eigenvalue weighted by atomic mass is 32.2. The lowest BCUT2D eigenvalue weighted by atomic mass is 10.0. The molecule has 3 rings (SSSR count). The van der Waals surface area contributed by atoms with Gasteiger partial charge in [-0.3, -0.25) is 0 Å². The van der Waals surface area contributed by atoms with Crippen molar-refractivity contribution in [2.24, 2.45) is 21.8 Å². The summed E-state index contributed by atoms with van der Waals surface area (Å²) in [4.78, 5) is 0.140. The van der Waals surface area contributed by atoms with Gasteiger partial charge in [0.15, 0.2) is 5.84 Å². The van der Waals surface area contributed by atoms with Crippen LogP contribution >= 0.6 is 0 Å².